The highest BCUT2D eigenvalue weighted by molar-refractivity contribution is 6.18. The second-order valence-electron chi connectivity index (χ2n) is 17.5. The molecule has 0 saturated heterocycles. The molecule has 6 N–H and O–H groups in total. The summed E-state index contributed by atoms with van der Waals surface area (Å²) in [5, 5.41) is 6.05. The van der Waals surface area contributed by atoms with E-state index in [9.17, 15) is 0 Å². The minimum absolute atomic E-state index is 0.229. The van der Waals surface area contributed by atoms with Crippen LogP contribution in [0.3, 0.4) is 0 Å². The highest BCUT2D eigenvalue weighted by atomic mass is 15.5. The predicted octanol–water partition coefficient (Wildman–Crippen LogP) is 15.9. The molecule has 1 heterocycles. The summed E-state index contributed by atoms with van der Waals surface area (Å²) >= 11 is 0. The fourth-order valence-corrected chi connectivity index (χ4v) is 9.47. The van der Waals surface area contributed by atoms with Gasteiger partial charge in [0, 0.05) is 38.6 Å². The van der Waals surface area contributed by atoms with Gasteiger partial charge in [0.2, 0.25) is 0 Å². The van der Waals surface area contributed by atoms with E-state index in [2.05, 4.69) is 284 Å². The molecule has 69 heavy (non-hydrogen) atoms. The highest BCUT2D eigenvalue weighted by Crippen LogP contribution is 2.45. The molecule has 340 valence electrons. The lowest BCUT2D eigenvalue weighted by Gasteiger charge is -2.35. The number of aromatic amines is 1. The SMILES string of the molecule is CNNN.Cc1ccc(Nc2ccc(-c3ccccc3C(C)(C3=CCCC=C3)c3ccccc3)cc2)cc1.c1ccc(-c2ccc3[nH]c4c(-c5ccccc5)ccc(-c5ccccc5)c4c3c2)cc1. The molecule has 1 atom stereocenters. The Morgan fingerprint density at radius 1 is 0.507 bits per heavy atom. The number of hydrogen-bond donors (Lipinski definition) is 5. The van der Waals surface area contributed by atoms with Gasteiger partial charge in [0.1, 0.15) is 0 Å². The van der Waals surface area contributed by atoms with E-state index in [1.807, 2.05) is 0 Å². The van der Waals surface area contributed by atoms with Crippen molar-refractivity contribution in [2.45, 2.75) is 32.1 Å². The number of nitrogens with one attached hydrogen (secondary N) is 4. The molecule has 1 aliphatic carbocycles. The molecule has 0 amide bonds. The molecular formula is C64H59N5. The van der Waals surface area contributed by atoms with Crippen molar-refractivity contribution in [2.75, 3.05) is 12.4 Å². The number of aryl methyl sites for hydroxylation is 1. The van der Waals surface area contributed by atoms with Gasteiger partial charge < -0.3 is 10.3 Å². The second-order valence-corrected chi connectivity index (χ2v) is 17.5. The third-order valence-corrected chi connectivity index (χ3v) is 13.1. The van der Waals surface area contributed by atoms with Gasteiger partial charge in [-0.15, -0.1) is 0 Å². The van der Waals surface area contributed by atoms with E-state index in [1.54, 1.807) is 7.05 Å². The zero-order chi connectivity index (χ0) is 47.4. The van der Waals surface area contributed by atoms with Crippen LogP contribution in [-0.4, -0.2) is 12.0 Å². The van der Waals surface area contributed by atoms with Crippen LogP contribution in [0.4, 0.5) is 11.4 Å². The van der Waals surface area contributed by atoms with Crippen LogP contribution in [0, 0.1) is 6.92 Å². The molecular weight excluding hydrogens is 839 g/mol. The number of H-pyrrole nitrogens is 1. The van der Waals surface area contributed by atoms with Crippen molar-refractivity contribution in [1.82, 2.24) is 15.9 Å². The Balaban J connectivity index is 0.000000160. The average molecular weight is 898 g/mol. The number of anilines is 2. The maximum Gasteiger partial charge on any atom is 0.0550 e. The van der Waals surface area contributed by atoms with Crippen LogP contribution in [0.25, 0.3) is 66.3 Å². The van der Waals surface area contributed by atoms with Crippen molar-refractivity contribution in [2.24, 2.45) is 5.84 Å². The Bertz CT molecular complexity index is 3300. The molecule has 0 bridgehead atoms. The topological polar surface area (TPSA) is 77.9 Å². The zero-order valence-corrected chi connectivity index (χ0v) is 39.6. The fraction of sp³-hybridized carbons (Fsp3) is 0.0938. The molecule has 0 spiro atoms. The highest BCUT2D eigenvalue weighted by Gasteiger charge is 2.34. The summed E-state index contributed by atoms with van der Waals surface area (Å²) in [5.74, 6) is 4.67. The zero-order valence-electron chi connectivity index (χ0n) is 39.6. The van der Waals surface area contributed by atoms with Crippen molar-refractivity contribution in [1.29, 1.82) is 0 Å². The molecule has 0 aliphatic heterocycles. The van der Waals surface area contributed by atoms with E-state index < -0.39 is 0 Å². The molecule has 5 heteroatoms. The summed E-state index contributed by atoms with van der Waals surface area (Å²) in [6.45, 7) is 4.48. The molecule has 9 aromatic carbocycles. The van der Waals surface area contributed by atoms with E-state index in [-0.39, 0.29) is 5.41 Å². The molecule has 0 radical (unpaired) electrons. The van der Waals surface area contributed by atoms with Crippen LogP contribution in [-0.2, 0) is 5.41 Å². The number of fused-ring (bicyclic) bond motifs is 3. The van der Waals surface area contributed by atoms with E-state index in [0.29, 0.717) is 0 Å². The first kappa shape index (κ1) is 46.1. The number of rotatable bonds is 10. The maximum absolute atomic E-state index is 4.67. The lowest BCUT2D eigenvalue weighted by atomic mass is 9.67. The smallest absolute Gasteiger partial charge is 0.0550 e. The van der Waals surface area contributed by atoms with Crippen LogP contribution >= 0.6 is 0 Å². The van der Waals surface area contributed by atoms with E-state index in [0.717, 1.165) is 29.7 Å². The van der Waals surface area contributed by atoms with Gasteiger partial charge in [0.05, 0.1) is 5.52 Å². The minimum Gasteiger partial charge on any atom is -0.356 e. The molecule has 0 fully saturated rings. The Labute approximate surface area is 407 Å². The van der Waals surface area contributed by atoms with E-state index in [1.165, 1.54) is 83.1 Å². The van der Waals surface area contributed by atoms with Gasteiger partial charge in [-0.2, -0.15) is 5.53 Å². The summed E-state index contributed by atoms with van der Waals surface area (Å²) < 4.78 is 0. The predicted molar refractivity (Wildman–Crippen MR) is 294 cm³/mol. The van der Waals surface area contributed by atoms with Gasteiger partial charge in [-0.05, 0) is 126 Å². The quantitative estimate of drug-likeness (QED) is 0.0700. The lowest BCUT2D eigenvalue weighted by Crippen LogP contribution is -2.33. The molecule has 0 saturated carbocycles. The normalized spacial score (nSPS) is 12.8. The van der Waals surface area contributed by atoms with Crippen LogP contribution in [0.5, 0.6) is 0 Å². The molecule has 5 nitrogen and oxygen atoms in total. The number of nitrogens with two attached hydrogens (primary N) is 1. The first-order chi connectivity index (χ1) is 33.9. The van der Waals surface area contributed by atoms with Crippen molar-refractivity contribution in [3.8, 4) is 44.5 Å². The number of benzene rings is 9. The maximum atomic E-state index is 4.67. The van der Waals surface area contributed by atoms with Gasteiger partial charge in [-0.1, -0.05) is 212 Å². The third kappa shape index (κ3) is 10.3. The van der Waals surface area contributed by atoms with Crippen LogP contribution < -0.4 is 22.1 Å². The summed E-state index contributed by atoms with van der Waals surface area (Å²) in [6, 6.07) is 80.2. The van der Waals surface area contributed by atoms with Gasteiger partial charge in [-0.3, -0.25) is 5.84 Å². The van der Waals surface area contributed by atoms with E-state index in [4.69, 9.17) is 0 Å². The van der Waals surface area contributed by atoms with Gasteiger partial charge >= 0.3 is 0 Å². The first-order valence-electron chi connectivity index (χ1n) is 23.8. The largest absolute Gasteiger partial charge is 0.356 e. The van der Waals surface area contributed by atoms with Crippen molar-refractivity contribution >= 4 is 33.2 Å². The fourth-order valence-electron chi connectivity index (χ4n) is 9.47. The van der Waals surface area contributed by atoms with Crippen molar-refractivity contribution in [3.63, 3.8) is 0 Å². The van der Waals surface area contributed by atoms with Crippen molar-refractivity contribution < 1.29 is 0 Å². The van der Waals surface area contributed by atoms with Crippen LogP contribution in [0.1, 0.15) is 36.5 Å². The van der Waals surface area contributed by atoms with Crippen molar-refractivity contribution in [3.05, 3.63) is 265 Å². The van der Waals surface area contributed by atoms with Gasteiger partial charge in [0.15, 0.2) is 0 Å². The van der Waals surface area contributed by atoms with Gasteiger partial charge in [0.25, 0.3) is 0 Å². The number of allylic oxidation sites excluding steroid dienone is 4. The first-order valence-corrected chi connectivity index (χ1v) is 23.8. The lowest BCUT2D eigenvalue weighted by molar-refractivity contribution is 0.630. The average Bonchev–Trinajstić information content (AvgIpc) is 3.82. The van der Waals surface area contributed by atoms with Crippen LogP contribution in [0.2, 0.25) is 0 Å². The van der Waals surface area contributed by atoms with E-state index >= 15 is 0 Å². The number of aromatic nitrogens is 1. The van der Waals surface area contributed by atoms with Crippen LogP contribution in [0.15, 0.2) is 248 Å². The van der Waals surface area contributed by atoms with Gasteiger partial charge in [-0.25, -0.2) is 5.43 Å². The summed E-state index contributed by atoms with van der Waals surface area (Å²) in [6.07, 6.45) is 9.26. The Morgan fingerprint density at radius 2 is 1.03 bits per heavy atom. The molecule has 1 aliphatic rings. The molecule has 1 unspecified atom stereocenters. The Kier molecular flexibility index (Phi) is 14.5. The molecule has 10 aromatic rings. The monoisotopic (exact) mass is 897 g/mol. The Morgan fingerprint density at radius 3 is 1.64 bits per heavy atom. The summed E-state index contributed by atoms with van der Waals surface area (Å²) in [4.78, 5) is 3.73. The molecule has 11 rings (SSSR count). The summed E-state index contributed by atoms with van der Waals surface area (Å²) in [5.41, 5.74) is 24.2. The second kappa shape index (κ2) is 21.7. The minimum atomic E-state index is -0.229. The Hall–Kier alpha value is -8.06. The number of hydrazine groups is 2. The number of hydrogen-bond acceptors (Lipinski definition) is 4. The summed E-state index contributed by atoms with van der Waals surface area (Å²) in [7, 11) is 1.69. The third-order valence-electron chi connectivity index (χ3n) is 13.1. The standard InChI is InChI=1S/C33H31N.C30H21N.CH7N3/c1-25-17-21-29(22-18-25)34-30-23-19-26(20-24-30)31-15-9-10-16-32(31)33(2,27-11-5-3-6-12-27)28-13-7-4-8-14-28;1-4-10-21(11-5-1)24-16-19-28-27(20-24)29-25(22-12-6-2-7-13-22)17-18-26(30(29)31-28)23-14-8-3-9-15-23;1-3-4-2/h3,5-7,9-24,34H,4,8H2,1-2H3;1-20,31H;3-4H,2H2,1H3. The molecule has 1 aromatic heterocycles.